The molecule has 1 amide bonds. The number of nitrogens with zero attached hydrogens (tertiary/aromatic N) is 4. The summed E-state index contributed by atoms with van der Waals surface area (Å²) in [5, 5.41) is 3.39. The Kier molecular flexibility index (Phi) is 10.7. The summed E-state index contributed by atoms with van der Waals surface area (Å²) in [6.45, 7) is 9.41. The van der Waals surface area contributed by atoms with Crippen molar-refractivity contribution < 1.29 is 9.18 Å². The molecule has 0 aromatic heterocycles. The molecule has 158 valence electrons. The molecule has 1 N–H and O–H groups in total. The summed E-state index contributed by atoms with van der Waals surface area (Å²) in [7, 11) is 3.48. The molecule has 6 nitrogen and oxygen atoms in total. The van der Waals surface area contributed by atoms with Gasteiger partial charge in [-0.05, 0) is 23.6 Å². The number of hydrogen-bond acceptors (Lipinski definition) is 3. The molecular formula is C20H33FIN5O. The zero-order chi connectivity index (χ0) is 19.8. The van der Waals surface area contributed by atoms with Crippen LogP contribution in [0.3, 0.4) is 0 Å². The van der Waals surface area contributed by atoms with E-state index in [1.807, 2.05) is 6.07 Å². The number of nitrogens with one attached hydrogen (secondary N) is 1. The zero-order valence-electron chi connectivity index (χ0n) is 17.3. The number of rotatable bonds is 6. The van der Waals surface area contributed by atoms with E-state index >= 15 is 0 Å². The number of aliphatic imine (C=N–C) groups is 1. The molecule has 0 atom stereocenters. The second-order valence-corrected chi connectivity index (χ2v) is 7.60. The number of halogens is 2. The third kappa shape index (κ3) is 8.30. The Morgan fingerprint density at radius 2 is 1.93 bits per heavy atom. The third-order valence-electron chi connectivity index (χ3n) is 4.50. The molecule has 1 aliphatic heterocycles. The summed E-state index contributed by atoms with van der Waals surface area (Å²) in [5.41, 5.74) is 0.992. The van der Waals surface area contributed by atoms with Crippen LogP contribution >= 0.6 is 24.0 Å². The number of hydrogen-bond donors (Lipinski definition) is 1. The SMILES string of the molecule is CC(C)CNC(=NCC(=O)N(C)C)N1CCN(Cc2cccc(F)c2)CC1.I. The van der Waals surface area contributed by atoms with E-state index in [0.29, 0.717) is 5.92 Å². The first-order valence-electron chi connectivity index (χ1n) is 9.55. The molecule has 1 saturated heterocycles. The molecule has 0 radical (unpaired) electrons. The minimum Gasteiger partial charge on any atom is -0.356 e. The van der Waals surface area contributed by atoms with Gasteiger partial charge in [0.2, 0.25) is 5.91 Å². The van der Waals surface area contributed by atoms with Crippen molar-refractivity contribution in [1.82, 2.24) is 20.0 Å². The van der Waals surface area contributed by atoms with E-state index in [1.54, 1.807) is 31.1 Å². The molecule has 0 bridgehead atoms. The molecule has 0 spiro atoms. The second kappa shape index (κ2) is 12.2. The fourth-order valence-electron chi connectivity index (χ4n) is 2.86. The number of piperazine rings is 1. The molecule has 2 rings (SSSR count). The Hall–Kier alpha value is -1.42. The van der Waals surface area contributed by atoms with Gasteiger partial charge in [-0.25, -0.2) is 9.38 Å². The zero-order valence-corrected chi connectivity index (χ0v) is 19.7. The van der Waals surface area contributed by atoms with Crippen LogP contribution in [0.15, 0.2) is 29.3 Å². The highest BCUT2D eigenvalue weighted by Gasteiger charge is 2.20. The Morgan fingerprint density at radius 3 is 2.50 bits per heavy atom. The summed E-state index contributed by atoms with van der Waals surface area (Å²) in [6.07, 6.45) is 0. The molecule has 0 saturated carbocycles. The van der Waals surface area contributed by atoms with Crippen LogP contribution in [0.25, 0.3) is 0 Å². The maximum Gasteiger partial charge on any atom is 0.243 e. The van der Waals surface area contributed by atoms with E-state index in [2.05, 4.69) is 34.0 Å². The molecule has 0 aliphatic carbocycles. The molecule has 0 unspecified atom stereocenters. The monoisotopic (exact) mass is 505 g/mol. The van der Waals surface area contributed by atoms with Crippen molar-refractivity contribution in [2.45, 2.75) is 20.4 Å². The highest BCUT2D eigenvalue weighted by Crippen LogP contribution is 2.10. The number of carbonyl (C=O) groups is 1. The van der Waals surface area contributed by atoms with Gasteiger partial charge in [0.15, 0.2) is 5.96 Å². The van der Waals surface area contributed by atoms with Crippen molar-refractivity contribution in [2.24, 2.45) is 10.9 Å². The van der Waals surface area contributed by atoms with Crippen LogP contribution in [0.1, 0.15) is 19.4 Å². The van der Waals surface area contributed by atoms with Crippen molar-refractivity contribution in [1.29, 1.82) is 0 Å². The summed E-state index contributed by atoms with van der Waals surface area (Å²) >= 11 is 0. The standard InChI is InChI=1S/C20H32FN5O.HI/c1-16(2)13-22-20(23-14-19(27)24(3)4)26-10-8-25(9-11-26)15-17-6-5-7-18(21)12-17;/h5-7,12,16H,8-11,13-15H2,1-4H3,(H,22,23);1H. The fourth-order valence-corrected chi connectivity index (χ4v) is 2.86. The average molecular weight is 505 g/mol. The lowest BCUT2D eigenvalue weighted by Crippen LogP contribution is -2.52. The summed E-state index contributed by atoms with van der Waals surface area (Å²) in [5.74, 6) is 1.09. The van der Waals surface area contributed by atoms with Crippen LogP contribution in [0, 0.1) is 11.7 Å². The van der Waals surface area contributed by atoms with E-state index in [0.717, 1.165) is 50.8 Å². The lowest BCUT2D eigenvalue weighted by molar-refractivity contribution is -0.127. The summed E-state index contributed by atoms with van der Waals surface area (Å²) in [6, 6.07) is 6.78. The number of benzene rings is 1. The molecule has 1 aliphatic rings. The second-order valence-electron chi connectivity index (χ2n) is 7.60. The molecule has 28 heavy (non-hydrogen) atoms. The fraction of sp³-hybridized carbons (Fsp3) is 0.600. The van der Waals surface area contributed by atoms with Gasteiger partial charge < -0.3 is 15.1 Å². The van der Waals surface area contributed by atoms with Gasteiger partial charge >= 0.3 is 0 Å². The maximum atomic E-state index is 13.4. The van der Waals surface area contributed by atoms with Crippen molar-refractivity contribution in [3.8, 4) is 0 Å². The van der Waals surface area contributed by atoms with Gasteiger partial charge in [0, 0.05) is 53.4 Å². The average Bonchev–Trinajstić information content (AvgIpc) is 2.62. The first-order valence-corrected chi connectivity index (χ1v) is 9.55. The van der Waals surface area contributed by atoms with Gasteiger partial charge in [-0.2, -0.15) is 0 Å². The first-order chi connectivity index (χ1) is 12.8. The van der Waals surface area contributed by atoms with Crippen LogP contribution in [-0.2, 0) is 11.3 Å². The van der Waals surface area contributed by atoms with Crippen molar-refractivity contribution in [3.63, 3.8) is 0 Å². The van der Waals surface area contributed by atoms with Crippen LogP contribution in [0.2, 0.25) is 0 Å². The molecule has 1 aromatic carbocycles. The van der Waals surface area contributed by atoms with Crippen molar-refractivity contribution in [3.05, 3.63) is 35.6 Å². The number of guanidine groups is 1. The van der Waals surface area contributed by atoms with Gasteiger partial charge in [0.25, 0.3) is 0 Å². The predicted octanol–water partition coefficient (Wildman–Crippen LogP) is 2.25. The predicted molar refractivity (Wildman–Crippen MR) is 123 cm³/mol. The van der Waals surface area contributed by atoms with E-state index in [1.165, 1.54) is 6.07 Å². The van der Waals surface area contributed by atoms with Gasteiger partial charge in [0.05, 0.1) is 0 Å². The lowest BCUT2D eigenvalue weighted by Gasteiger charge is -2.36. The molecule has 1 heterocycles. The quantitative estimate of drug-likeness (QED) is 0.366. The Labute approximate surface area is 185 Å². The summed E-state index contributed by atoms with van der Waals surface area (Å²) < 4.78 is 13.4. The normalized spacial score (nSPS) is 15.4. The van der Waals surface area contributed by atoms with Gasteiger partial charge in [-0.3, -0.25) is 9.69 Å². The van der Waals surface area contributed by atoms with Crippen LogP contribution in [0.4, 0.5) is 4.39 Å². The molecular weight excluding hydrogens is 472 g/mol. The van der Waals surface area contributed by atoms with Crippen molar-refractivity contribution >= 4 is 35.8 Å². The Balaban J connectivity index is 0.00000392. The number of amides is 1. The van der Waals surface area contributed by atoms with E-state index < -0.39 is 0 Å². The van der Waals surface area contributed by atoms with Gasteiger partial charge in [-0.1, -0.05) is 26.0 Å². The van der Waals surface area contributed by atoms with Gasteiger partial charge in [-0.15, -0.1) is 24.0 Å². The highest BCUT2D eigenvalue weighted by molar-refractivity contribution is 14.0. The summed E-state index contributed by atoms with van der Waals surface area (Å²) in [4.78, 5) is 22.5. The van der Waals surface area contributed by atoms with E-state index in [9.17, 15) is 9.18 Å². The smallest absolute Gasteiger partial charge is 0.243 e. The minimum atomic E-state index is -0.191. The van der Waals surface area contributed by atoms with Crippen molar-refractivity contribution in [2.75, 3.05) is 53.4 Å². The van der Waals surface area contributed by atoms with E-state index in [4.69, 9.17) is 0 Å². The highest BCUT2D eigenvalue weighted by atomic mass is 127. The van der Waals surface area contributed by atoms with E-state index in [-0.39, 0.29) is 42.2 Å². The maximum absolute atomic E-state index is 13.4. The lowest BCUT2D eigenvalue weighted by atomic mass is 10.2. The topological polar surface area (TPSA) is 51.2 Å². The minimum absolute atomic E-state index is 0. The number of likely N-dealkylation sites (N-methyl/N-ethyl adjacent to an activating group) is 1. The Bertz CT molecular complexity index is 645. The number of carbonyl (C=O) groups excluding carboxylic acids is 1. The molecule has 1 fully saturated rings. The van der Waals surface area contributed by atoms with Crippen LogP contribution in [0.5, 0.6) is 0 Å². The molecule has 1 aromatic rings. The van der Waals surface area contributed by atoms with Crippen LogP contribution < -0.4 is 5.32 Å². The first kappa shape index (κ1) is 24.6. The van der Waals surface area contributed by atoms with Gasteiger partial charge in [0.1, 0.15) is 12.4 Å². The Morgan fingerprint density at radius 1 is 1.25 bits per heavy atom. The largest absolute Gasteiger partial charge is 0.356 e. The third-order valence-corrected chi connectivity index (χ3v) is 4.50. The molecule has 8 heteroatoms. The van der Waals surface area contributed by atoms with Crippen LogP contribution in [-0.4, -0.2) is 79.9 Å².